The maximum atomic E-state index is 2.82. The van der Waals surface area contributed by atoms with E-state index < -0.39 is 0 Å². The Morgan fingerprint density at radius 1 is 0.304 bits per heavy atom. The number of hydrogen-bond donors (Lipinski definition) is 0. The molecular weight excluding hydrogens is 1350 g/mol. The Balaban J connectivity index is 1.04. The number of hydrogen-bond acceptors (Lipinski definition) is 2. The van der Waals surface area contributed by atoms with Gasteiger partial charge in [-0.2, -0.15) is 0 Å². The fourth-order valence-electron chi connectivity index (χ4n) is 18.8. The van der Waals surface area contributed by atoms with Crippen LogP contribution in [0, 0.1) is 0 Å². The van der Waals surface area contributed by atoms with Crippen LogP contribution in [-0.2, 0) is 27.1 Å². The summed E-state index contributed by atoms with van der Waals surface area (Å²) >= 11 is 0. The van der Waals surface area contributed by atoms with Crippen LogP contribution >= 0.6 is 0 Å². The second-order valence-corrected chi connectivity index (χ2v) is 38.2. The zero-order valence-corrected chi connectivity index (χ0v) is 69.0. The lowest BCUT2D eigenvalue weighted by Gasteiger charge is -2.46. The molecule has 2 aromatic heterocycles. The van der Waals surface area contributed by atoms with Crippen molar-refractivity contribution in [3.63, 3.8) is 0 Å². The van der Waals surface area contributed by atoms with E-state index in [-0.39, 0.29) is 39.7 Å². The second kappa shape index (κ2) is 26.9. The van der Waals surface area contributed by atoms with Gasteiger partial charge < -0.3 is 18.9 Å². The third-order valence-corrected chi connectivity index (χ3v) is 25.2. The second-order valence-electron chi connectivity index (χ2n) is 38.2. The molecule has 0 bridgehead atoms. The molecule has 0 atom stereocenters. The average Bonchev–Trinajstić information content (AvgIpc) is 0.749. The molecule has 1 aliphatic carbocycles. The molecule has 1 fully saturated rings. The Hall–Kier alpha value is -10.9. The standard InChI is InChI=1S/C107H107BN4/c1-67(2)73-55-84(69-35-25-19-26-36-69)101(85(56-73)70-37-27-20-28-38-70)111-96-65-80(109-92-53-45-75(103(3,4)5)59-88(92)89-60-76(104(6,7)8)46-54-93(89)109)47-51-90(96)108-91-52-48-81(110-94-63-77(105(9,10)11)43-49-82(94)83-50-44-78(64-95(83)110)106(12,13)14)66-97(91)112(99-58-74(57-98(111)100(99)108)68-33-23-18-24-34-68)102-86(71-39-29-21-30-40-71)61-79(107(15,16)17)62-87(102)72-41-31-22-32-42-72/h19-22,25-32,35-68H,18,23-24,33-34H2,1-17H3. The zero-order chi connectivity index (χ0) is 77.8. The smallest absolute Gasteiger partial charge is 0.252 e. The summed E-state index contributed by atoms with van der Waals surface area (Å²) in [6, 6.07) is 106. The molecule has 0 unspecified atom stereocenters. The van der Waals surface area contributed by atoms with Crippen LogP contribution in [0.5, 0.6) is 0 Å². The third kappa shape index (κ3) is 12.4. The van der Waals surface area contributed by atoms with Gasteiger partial charge in [0, 0.05) is 77.9 Å². The number of anilines is 6. The predicted octanol–water partition coefficient (Wildman–Crippen LogP) is 28.3. The minimum absolute atomic E-state index is 0.0545. The van der Waals surface area contributed by atoms with Gasteiger partial charge >= 0.3 is 0 Å². The molecule has 0 amide bonds. The van der Waals surface area contributed by atoms with E-state index in [1.807, 2.05) is 0 Å². The van der Waals surface area contributed by atoms with Gasteiger partial charge in [0.1, 0.15) is 0 Å². The van der Waals surface area contributed by atoms with Gasteiger partial charge in [0.15, 0.2) is 0 Å². The molecular formula is C107H107BN4. The van der Waals surface area contributed by atoms with Crippen molar-refractivity contribution in [1.29, 1.82) is 0 Å². The van der Waals surface area contributed by atoms with Gasteiger partial charge in [-0.15, -0.1) is 0 Å². The number of fused-ring (bicyclic) bond motifs is 10. The highest BCUT2D eigenvalue weighted by Gasteiger charge is 2.47. The van der Waals surface area contributed by atoms with Crippen molar-refractivity contribution >= 4 is 101 Å². The zero-order valence-electron chi connectivity index (χ0n) is 69.0. The lowest BCUT2D eigenvalue weighted by atomic mass is 9.33. The molecule has 0 saturated heterocycles. The summed E-state index contributed by atoms with van der Waals surface area (Å²) in [5.74, 6) is 0.578. The van der Waals surface area contributed by atoms with Gasteiger partial charge in [0.2, 0.25) is 0 Å². The lowest BCUT2D eigenvalue weighted by Crippen LogP contribution is -2.61. The monoisotopic (exact) mass is 1460 g/mol. The summed E-state index contributed by atoms with van der Waals surface area (Å²) in [5, 5.41) is 5.08. The first-order chi connectivity index (χ1) is 53.5. The minimum Gasteiger partial charge on any atom is -0.310 e. The first-order valence-corrected chi connectivity index (χ1v) is 41.4. The largest absolute Gasteiger partial charge is 0.310 e. The van der Waals surface area contributed by atoms with E-state index in [1.165, 1.54) is 197 Å². The summed E-state index contributed by atoms with van der Waals surface area (Å²) in [5.41, 5.74) is 36.5. The van der Waals surface area contributed by atoms with Crippen LogP contribution in [0.2, 0.25) is 0 Å². The van der Waals surface area contributed by atoms with E-state index in [2.05, 4.69) is 404 Å². The van der Waals surface area contributed by atoms with Gasteiger partial charge in [-0.3, -0.25) is 0 Å². The van der Waals surface area contributed by atoms with Gasteiger partial charge in [-0.1, -0.05) is 307 Å². The van der Waals surface area contributed by atoms with E-state index in [1.54, 1.807) is 0 Å². The molecule has 1 saturated carbocycles. The number of rotatable bonds is 10. The molecule has 18 rings (SSSR count). The van der Waals surface area contributed by atoms with E-state index in [4.69, 9.17) is 0 Å². The normalized spacial score (nSPS) is 14.3. The Morgan fingerprint density at radius 3 is 1.02 bits per heavy atom. The Bertz CT molecular complexity index is 5940. The molecule has 3 aliphatic rings. The lowest BCUT2D eigenvalue weighted by molar-refractivity contribution is 0.444. The molecule has 112 heavy (non-hydrogen) atoms. The van der Waals surface area contributed by atoms with Crippen molar-refractivity contribution in [2.24, 2.45) is 0 Å². The fraction of sp³-hybridized carbons (Fsp3) is 0.271. The molecule has 0 radical (unpaired) electrons. The van der Waals surface area contributed by atoms with Crippen LogP contribution in [0.15, 0.2) is 267 Å². The molecule has 2 aliphatic heterocycles. The van der Waals surface area contributed by atoms with Crippen LogP contribution in [0.1, 0.15) is 201 Å². The summed E-state index contributed by atoms with van der Waals surface area (Å²) in [6.45, 7) is 39.9. The number of benzene rings is 13. The van der Waals surface area contributed by atoms with Gasteiger partial charge in [0.05, 0.1) is 33.4 Å². The van der Waals surface area contributed by atoms with E-state index in [0.29, 0.717) is 5.92 Å². The van der Waals surface area contributed by atoms with E-state index in [0.717, 1.165) is 24.2 Å². The molecule has 5 heteroatoms. The van der Waals surface area contributed by atoms with Crippen molar-refractivity contribution in [2.45, 2.75) is 189 Å². The number of aromatic nitrogens is 2. The predicted molar refractivity (Wildman–Crippen MR) is 484 cm³/mol. The summed E-state index contributed by atoms with van der Waals surface area (Å²) in [4.78, 5) is 5.63. The van der Waals surface area contributed by atoms with Crippen molar-refractivity contribution in [2.75, 3.05) is 9.80 Å². The van der Waals surface area contributed by atoms with Crippen LogP contribution < -0.4 is 26.2 Å². The first kappa shape index (κ1) is 72.7. The van der Waals surface area contributed by atoms with E-state index in [9.17, 15) is 0 Å². The maximum absolute atomic E-state index is 2.82. The van der Waals surface area contributed by atoms with Gasteiger partial charge in [0.25, 0.3) is 6.71 Å². The Kier molecular flexibility index (Phi) is 17.5. The van der Waals surface area contributed by atoms with Crippen LogP contribution in [0.25, 0.3) is 99.5 Å². The van der Waals surface area contributed by atoms with Gasteiger partial charge in [-0.25, -0.2) is 0 Å². The van der Waals surface area contributed by atoms with Crippen molar-refractivity contribution in [3.05, 3.63) is 306 Å². The quantitative estimate of drug-likeness (QED) is 0.127. The van der Waals surface area contributed by atoms with Crippen molar-refractivity contribution < 1.29 is 0 Å². The fourth-order valence-corrected chi connectivity index (χ4v) is 18.8. The van der Waals surface area contributed by atoms with Gasteiger partial charge in [-0.05, 0) is 226 Å². The molecule has 0 N–H and O–H groups in total. The van der Waals surface area contributed by atoms with Crippen LogP contribution in [0.4, 0.5) is 34.1 Å². The Labute approximate surface area is 665 Å². The topological polar surface area (TPSA) is 16.3 Å². The molecule has 0 spiro atoms. The van der Waals surface area contributed by atoms with Crippen molar-refractivity contribution in [3.8, 4) is 55.9 Å². The maximum Gasteiger partial charge on any atom is 0.252 e. The summed E-state index contributed by atoms with van der Waals surface area (Å²) < 4.78 is 5.23. The first-order valence-electron chi connectivity index (χ1n) is 41.4. The molecule has 558 valence electrons. The average molecular weight is 1460 g/mol. The SMILES string of the molecule is CC(C)c1cc(-c2ccccc2)c(N2c3cc(-n4c5ccc(C(C)(C)C)cc5c5cc(C(C)(C)C)ccc54)ccc3B3c4ccc(-n5c6cc(C(C)(C)C)ccc6c6ccc(C(C)(C)C)cc65)cc4N(c4c(-c5ccccc5)cc(C(C)(C)C)cc4-c4ccccc4)c4cc(C5CCCCC5)cc2c43)c(-c2ccccc2)c1. The highest BCUT2D eigenvalue weighted by atomic mass is 15.2. The minimum atomic E-state index is -0.226. The van der Waals surface area contributed by atoms with Crippen LogP contribution in [-0.4, -0.2) is 15.8 Å². The highest BCUT2D eigenvalue weighted by Crippen LogP contribution is 2.56. The Morgan fingerprint density at radius 2 is 0.652 bits per heavy atom. The molecule has 4 heterocycles. The highest BCUT2D eigenvalue weighted by molar-refractivity contribution is 7.00. The third-order valence-electron chi connectivity index (χ3n) is 25.2. The molecule has 4 nitrogen and oxygen atoms in total. The number of nitrogens with zero attached hydrogens (tertiary/aromatic N) is 4. The van der Waals surface area contributed by atoms with Crippen molar-refractivity contribution in [1.82, 2.24) is 9.13 Å². The summed E-state index contributed by atoms with van der Waals surface area (Å²) in [7, 11) is 0. The molecule has 15 aromatic rings. The summed E-state index contributed by atoms with van der Waals surface area (Å²) in [6.07, 6.45) is 5.90. The van der Waals surface area contributed by atoms with Crippen LogP contribution in [0.3, 0.4) is 0 Å². The van der Waals surface area contributed by atoms with E-state index >= 15 is 0 Å². The molecule has 13 aromatic carbocycles.